The number of phenols is 1. The number of aryl methyl sites for hydroxylation is 2. The van der Waals surface area contributed by atoms with E-state index >= 15 is 0 Å². The van der Waals surface area contributed by atoms with Gasteiger partial charge in [0, 0.05) is 18.7 Å². The van der Waals surface area contributed by atoms with Gasteiger partial charge in [-0.15, -0.1) is 11.6 Å². The maximum Gasteiger partial charge on any atom is 0.133 e. The Morgan fingerprint density at radius 1 is 1.29 bits per heavy atom. The molecule has 1 N–H and O–H groups in total. The number of fused-ring (bicyclic) bond motifs is 1. The second-order valence-electron chi connectivity index (χ2n) is 8.19. The molecule has 0 bridgehead atoms. The van der Waals surface area contributed by atoms with Crippen molar-refractivity contribution in [3.8, 4) is 5.75 Å². The summed E-state index contributed by atoms with van der Waals surface area (Å²) in [6.45, 7) is 4.43. The van der Waals surface area contributed by atoms with Crippen LogP contribution in [0, 0.1) is 30.1 Å². The van der Waals surface area contributed by atoms with E-state index in [9.17, 15) is 9.90 Å². The third-order valence-corrected chi connectivity index (χ3v) is 7.04. The summed E-state index contributed by atoms with van der Waals surface area (Å²) in [7, 11) is 0. The highest BCUT2D eigenvalue weighted by atomic mass is 35.5. The highest BCUT2D eigenvalue weighted by molar-refractivity contribution is 6.17. The van der Waals surface area contributed by atoms with Gasteiger partial charge in [-0.2, -0.15) is 0 Å². The van der Waals surface area contributed by atoms with E-state index in [2.05, 4.69) is 13.8 Å². The highest BCUT2D eigenvalue weighted by Crippen LogP contribution is 2.58. The molecular formula is C21H29ClO2. The number of ketones is 1. The highest BCUT2D eigenvalue weighted by Gasteiger charge is 2.52. The summed E-state index contributed by atoms with van der Waals surface area (Å²) in [5.41, 5.74) is 2.59. The molecule has 4 atom stereocenters. The number of aromatic hydroxyl groups is 1. The average Bonchev–Trinajstić information content (AvgIpc) is 2.85. The Hall–Kier alpha value is -1.02. The van der Waals surface area contributed by atoms with Gasteiger partial charge >= 0.3 is 0 Å². The van der Waals surface area contributed by atoms with Crippen LogP contribution in [-0.2, 0) is 11.2 Å². The summed E-state index contributed by atoms with van der Waals surface area (Å²) in [5.74, 6) is 3.22. The SMILES string of the molecule is Cc1ccc(O)cc1CCC1CC(=O)CC2(C)C(CCCl)CCC12. The molecule has 2 fully saturated rings. The molecule has 3 rings (SSSR count). The number of carbonyl (C=O) groups is 1. The Morgan fingerprint density at radius 3 is 2.83 bits per heavy atom. The minimum Gasteiger partial charge on any atom is -0.508 e. The van der Waals surface area contributed by atoms with Crippen LogP contribution >= 0.6 is 11.6 Å². The van der Waals surface area contributed by atoms with E-state index < -0.39 is 0 Å². The van der Waals surface area contributed by atoms with Gasteiger partial charge in [0.05, 0.1) is 0 Å². The second-order valence-corrected chi connectivity index (χ2v) is 8.57. The van der Waals surface area contributed by atoms with Gasteiger partial charge in [0.2, 0.25) is 0 Å². The lowest BCUT2D eigenvalue weighted by atomic mass is 9.59. The lowest BCUT2D eigenvalue weighted by molar-refractivity contribution is -0.129. The standard InChI is InChI=1S/C21H29ClO2/c1-14-3-7-18(23)11-15(14)4-5-16-12-19(24)13-21(2)17(9-10-22)6-8-20(16)21/h3,7,11,16-17,20,23H,4-6,8-10,12-13H2,1-2H3. The Morgan fingerprint density at radius 2 is 2.08 bits per heavy atom. The quantitative estimate of drug-likeness (QED) is 0.735. The van der Waals surface area contributed by atoms with Gasteiger partial charge in [-0.25, -0.2) is 0 Å². The van der Waals surface area contributed by atoms with Gasteiger partial charge in [-0.05, 0) is 85.5 Å². The average molecular weight is 349 g/mol. The van der Waals surface area contributed by atoms with E-state index in [0.717, 1.165) is 32.1 Å². The number of halogens is 1. The number of hydrogen-bond donors (Lipinski definition) is 1. The van der Waals surface area contributed by atoms with Crippen molar-refractivity contribution in [2.75, 3.05) is 5.88 Å². The van der Waals surface area contributed by atoms with Crippen LogP contribution < -0.4 is 0 Å². The lowest BCUT2D eigenvalue weighted by Gasteiger charge is -2.44. The van der Waals surface area contributed by atoms with Crippen LogP contribution in [0.3, 0.4) is 0 Å². The van der Waals surface area contributed by atoms with Crippen LogP contribution in [0.2, 0.25) is 0 Å². The molecule has 0 radical (unpaired) electrons. The normalized spacial score (nSPS) is 32.8. The summed E-state index contributed by atoms with van der Waals surface area (Å²) in [5, 5.41) is 9.73. The summed E-state index contributed by atoms with van der Waals surface area (Å²) in [4.78, 5) is 12.4. The van der Waals surface area contributed by atoms with Crippen molar-refractivity contribution in [3.63, 3.8) is 0 Å². The Kier molecular flexibility index (Phi) is 5.24. The molecule has 2 aliphatic carbocycles. The minimum absolute atomic E-state index is 0.156. The van der Waals surface area contributed by atoms with E-state index in [-0.39, 0.29) is 5.41 Å². The van der Waals surface area contributed by atoms with Crippen LogP contribution in [-0.4, -0.2) is 16.8 Å². The summed E-state index contributed by atoms with van der Waals surface area (Å²) < 4.78 is 0. The zero-order valence-electron chi connectivity index (χ0n) is 14.9. The lowest BCUT2D eigenvalue weighted by Crippen LogP contribution is -2.41. The van der Waals surface area contributed by atoms with Crippen molar-refractivity contribution in [2.24, 2.45) is 23.2 Å². The van der Waals surface area contributed by atoms with E-state index in [1.54, 1.807) is 6.07 Å². The van der Waals surface area contributed by atoms with Crippen molar-refractivity contribution < 1.29 is 9.90 Å². The van der Waals surface area contributed by atoms with Crippen molar-refractivity contribution in [1.29, 1.82) is 0 Å². The Labute approximate surface area is 150 Å². The molecule has 3 heteroatoms. The number of benzene rings is 1. The number of hydrogen-bond acceptors (Lipinski definition) is 2. The number of alkyl halides is 1. The van der Waals surface area contributed by atoms with Gasteiger partial charge in [0.15, 0.2) is 0 Å². The second kappa shape index (κ2) is 7.07. The first-order valence-electron chi connectivity index (χ1n) is 9.30. The maximum atomic E-state index is 12.4. The fourth-order valence-corrected chi connectivity index (χ4v) is 5.76. The monoisotopic (exact) mass is 348 g/mol. The Bertz CT molecular complexity index is 612. The van der Waals surface area contributed by atoms with Crippen LogP contribution in [0.15, 0.2) is 18.2 Å². The van der Waals surface area contributed by atoms with E-state index in [0.29, 0.717) is 35.2 Å². The fraction of sp³-hybridized carbons (Fsp3) is 0.667. The first kappa shape index (κ1) is 17.8. The van der Waals surface area contributed by atoms with Gasteiger partial charge in [0.25, 0.3) is 0 Å². The molecule has 1 aromatic carbocycles. The molecule has 1 aromatic rings. The van der Waals surface area contributed by atoms with Gasteiger partial charge in [0.1, 0.15) is 11.5 Å². The van der Waals surface area contributed by atoms with Crippen molar-refractivity contribution >= 4 is 17.4 Å². The predicted octanol–water partition coefficient (Wildman–Crippen LogP) is 5.27. The van der Waals surface area contributed by atoms with Crippen molar-refractivity contribution in [3.05, 3.63) is 29.3 Å². The number of Topliss-reactive ketones (excluding diaryl/α,β-unsaturated/α-hetero) is 1. The molecule has 0 aromatic heterocycles. The van der Waals surface area contributed by atoms with E-state index in [1.807, 2.05) is 12.1 Å². The summed E-state index contributed by atoms with van der Waals surface area (Å²) in [6, 6.07) is 5.60. The maximum absolute atomic E-state index is 12.4. The smallest absolute Gasteiger partial charge is 0.133 e. The molecule has 0 heterocycles. The molecule has 24 heavy (non-hydrogen) atoms. The number of phenolic OH excluding ortho intramolecular Hbond substituents is 1. The van der Waals surface area contributed by atoms with E-state index in [1.165, 1.54) is 24.0 Å². The minimum atomic E-state index is 0.156. The van der Waals surface area contributed by atoms with Crippen LogP contribution in [0.1, 0.15) is 56.6 Å². The molecule has 2 saturated carbocycles. The molecule has 0 saturated heterocycles. The van der Waals surface area contributed by atoms with Crippen molar-refractivity contribution in [1.82, 2.24) is 0 Å². The molecule has 132 valence electrons. The van der Waals surface area contributed by atoms with Crippen LogP contribution in [0.4, 0.5) is 0 Å². The molecule has 0 aliphatic heterocycles. The van der Waals surface area contributed by atoms with Gasteiger partial charge < -0.3 is 5.11 Å². The summed E-state index contributed by atoms with van der Waals surface area (Å²) in [6.07, 6.45) is 7.00. The number of carbonyl (C=O) groups excluding carboxylic acids is 1. The van der Waals surface area contributed by atoms with E-state index in [4.69, 9.17) is 11.6 Å². The Balaban J connectivity index is 1.73. The zero-order valence-corrected chi connectivity index (χ0v) is 15.6. The molecule has 0 amide bonds. The first-order chi connectivity index (χ1) is 11.4. The number of rotatable bonds is 5. The predicted molar refractivity (Wildman–Crippen MR) is 98.6 cm³/mol. The van der Waals surface area contributed by atoms with Crippen molar-refractivity contribution in [2.45, 2.75) is 58.8 Å². The molecule has 2 aliphatic rings. The summed E-state index contributed by atoms with van der Waals surface area (Å²) >= 11 is 6.01. The molecule has 0 spiro atoms. The zero-order chi connectivity index (χ0) is 17.3. The largest absolute Gasteiger partial charge is 0.508 e. The van der Waals surface area contributed by atoms with Crippen LogP contribution in [0.5, 0.6) is 5.75 Å². The first-order valence-corrected chi connectivity index (χ1v) is 9.83. The van der Waals surface area contributed by atoms with Crippen LogP contribution in [0.25, 0.3) is 0 Å². The van der Waals surface area contributed by atoms with Gasteiger partial charge in [-0.1, -0.05) is 13.0 Å². The van der Waals surface area contributed by atoms with Gasteiger partial charge in [-0.3, -0.25) is 4.79 Å². The molecule has 2 nitrogen and oxygen atoms in total. The third kappa shape index (κ3) is 3.35. The molecular weight excluding hydrogens is 320 g/mol. The fourth-order valence-electron chi connectivity index (χ4n) is 5.50. The third-order valence-electron chi connectivity index (χ3n) is 6.82. The molecule has 4 unspecified atom stereocenters. The topological polar surface area (TPSA) is 37.3 Å².